The van der Waals surface area contributed by atoms with Crippen molar-refractivity contribution in [2.75, 3.05) is 0 Å². The second kappa shape index (κ2) is 5.53. The number of tetrazole rings is 1. The highest BCUT2D eigenvalue weighted by atomic mass is 32.2. The quantitative estimate of drug-likeness (QED) is 0.678. The van der Waals surface area contributed by atoms with Crippen LogP contribution in [0.4, 0.5) is 4.39 Å². The molecule has 0 unspecified atom stereocenters. The highest BCUT2D eigenvalue weighted by Crippen LogP contribution is 2.21. The summed E-state index contributed by atoms with van der Waals surface area (Å²) >= 11 is 0. The average molecular weight is 320 g/mol. The molecule has 0 aliphatic rings. The fraction of sp³-hybridized carbons (Fsp3) is 0. The van der Waals surface area contributed by atoms with E-state index in [0.717, 1.165) is 12.1 Å². The fourth-order valence-corrected chi connectivity index (χ4v) is 2.76. The molecule has 3 rings (SSSR count). The van der Waals surface area contributed by atoms with E-state index in [-0.39, 0.29) is 5.75 Å². The molecule has 0 N–H and O–H groups in total. The summed E-state index contributed by atoms with van der Waals surface area (Å²) in [5.41, 5.74) is 0.626. The minimum Gasteiger partial charge on any atom is -0.379 e. The molecular weight excluding hydrogens is 311 g/mol. The Bertz CT molecular complexity index is 880. The molecule has 0 saturated carbocycles. The Labute approximate surface area is 125 Å². The summed E-state index contributed by atoms with van der Waals surface area (Å²) in [6, 6.07) is 11.0. The Kier molecular flexibility index (Phi) is 3.55. The first kappa shape index (κ1) is 14.1. The van der Waals surface area contributed by atoms with Crippen molar-refractivity contribution in [1.29, 1.82) is 0 Å². The lowest BCUT2D eigenvalue weighted by atomic mass is 10.3. The van der Waals surface area contributed by atoms with E-state index in [4.69, 9.17) is 4.18 Å². The van der Waals surface area contributed by atoms with Crippen LogP contribution in [0.2, 0.25) is 0 Å². The maximum absolute atomic E-state index is 13.6. The van der Waals surface area contributed by atoms with E-state index < -0.39 is 20.8 Å². The van der Waals surface area contributed by atoms with Crippen LogP contribution in [0.1, 0.15) is 0 Å². The first-order chi connectivity index (χ1) is 10.6. The smallest absolute Gasteiger partial charge is 0.342 e. The Morgan fingerprint density at radius 1 is 1.05 bits per heavy atom. The summed E-state index contributed by atoms with van der Waals surface area (Å²) in [4.78, 5) is -0.514. The second-order valence-corrected chi connectivity index (χ2v) is 5.73. The molecule has 0 bridgehead atoms. The molecule has 0 saturated heterocycles. The lowest BCUT2D eigenvalue weighted by molar-refractivity contribution is 0.476. The molecule has 22 heavy (non-hydrogen) atoms. The van der Waals surface area contributed by atoms with E-state index in [1.54, 1.807) is 12.1 Å². The van der Waals surface area contributed by atoms with Gasteiger partial charge in [0.2, 0.25) is 0 Å². The predicted molar refractivity (Wildman–Crippen MR) is 73.4 cm³/mol. The van der Waals surface area contributed by atoms with E-state index in [2.05, 4.69) is 15.5 Å². The zero-order valence-corrected chi connectivity index (χ0v) is 11.8. The largest absolute Gasteiger partial charge is 0.379 e. The van der Waals surface area contributed by atoms with Crippen molar-refractivity contribution in [3.63, 3.8) is 0 Å². The molecule has 0 aliphatic heterocycles. The van der Waals surface area contributed by atoms with E-state index in [9.17, 15) is 12.8 Å². The molecule has 0 radical (unpaired) electrons. The van der Waals surface area contributed by atoms with Gasteiger partial charge in [-0.3, -0.25) is 0 Å². The average Bonchev–Trinajstić information content (AvgIpc) is 3.02. The normalized spacial score (nSPS) is 11.3. The second-order valence-electron chi connectivity index (χ2n) is 4.22. The SMILES string of the molecule is O=S(=O)(Oc1ccc(-n2cnnn2)cc1)c1ccccc1F. The number of halogens is 1. The van der Waals surface area contributed by atoms with Crippen LogP contribution >= 0.6 is 0 Å². The minimum atomic E-state index is -4.23. The van der Waals surface area contributed by atoms with Gasteiger partial charge in [-0.05, 0) is 46.8 Å². The molecule has 0 fully saturated rings. The molecule has 0 atom stereocenters. The van der Waals surface area contributed by atoms with Crippen molar-refractivity contribution < 1.29 is 17.0 Å². The van der Waals surface area contributed by atoms with Crippen LogP contribution in [0, 0.1) is 5.82 Å². The van der Waals surface area contributed by atoms with Gasteiger partial charge in [0.05, 0.1) is 5.69 Å². The van der Waals surface area contributed by atoms with Crippen molar-refractivity contribution in [3.05, 3.63) is 60.7 Å². The van der Waals surface area contributed by atoms with Crippen LogP contribution in [0.15, 0.2) is 59.8 Å². The molecule has 0 aliphatic carbocycles. The first-order valence-corrected chi connectivity index (χ1v) is 7.49. The van der Waals surface area contributed by atoms with E-state index in [1.165, 1.54) is 35.3 Å². The van der Waals surface area contributed by atoms with Gasteiger partial charge in [-0.1, -0.05) is 12.1 Å². The van der Waals surface area contributed by atoms with Gasteiger partial charge in [-0.2, -0.15) is 8.42 Å². The van der Waals surface area contributed by atoms with Gasteiger partial charge in [-0.25, -0.2) is 9.07 Å². The number of aromatic nitrogens is 4. The van der Waals surface area contributed by atoms with Crippen molar-refractivity contribution in [3.8, 4) is 11.4 Å². The van der Waals surface area contributed by atoms with Crippen LogP contribution in [-0.4, -0.2) is 28.6 Å². The molecule has 9 heteroatoms. The molecule has 0 amide bonds. The monoisotopic (exact) mass is 320 g/mol. The molecule has 1 heterocycles. The number of nitrogens with zero attached hydrogens (tertiary/aromatic N) is 4. The van der Waals surface area contributed by atoms with Gasteiger partial charge in [0, 0.05) is 0 Å². The summed E-state index contributed by atoms with van der Waals surface area (Å²) in [5, 5.41) is 10.7. The van der Waals surface area contributed by atoms with Gasteiger partial charge in [-0.15, -0.1) is 5.10 Å². The zero-order valence-electron chi connectivity index (χ0n) is 11.0. The summed E-state index contributed by atoms with van der Waals surface area (Å²) in [6.07, 6.45) is 1.39. The van der Waals surface area contributed by atoms with Gasteiger partial charge >= 0.3 is 10.1 Å². The lowest BCUT2D eigenvalue weighted by Crippen LogP contribution is -2.11. The molecule has 1 aromatic heterocycles. The standard InChI is InChI=1S/C13H9FN4O3S/c14-12-3-1-2-4-13(12)22(19,20)21-11-7-5-10(6-8-11)18-9-15-16-17-18/h1-9H. The first-order valence-electron chi connectivity index (χ1n) is 6.09. The number of benzene rings is 2. The molecule has 2 aromatic carbocycles. The summed E-state index contributed by atoms with van der Waals surface area (Å²) in [5.74, 6) is -0.812. The third-order valence-electron chi connectivity index (χ3n) is 2.76. The summed E-state index contributed by atoms with van der Waals surface area (Å²) in [6.45, 7) is 0. The minimum absolute atomic E-state index is 0.0556. The number of hydrogen-bond acceptors (Lipinski definition) is 6. The Morgan fingerprint density at radius 3 is 2.41 bits per heavy atom. The number of hydrogen-bond donors (Lipinski definition) is 0. The topological polar surface area (TPSA) is 87.0 Å². The van der Waals surface area contributed by atoms with Gasteiger partial charge in [0.1, 0.15) is 22.8 Å². The van der Waals surface area contributed by atoms with Crippen LogP contribution < -0.4 is 4.18 Å². The van der Waals surface area contributed by atoms with Gasteiger partial charge in [0.25, 0.3) is 0 Å². The number of rotatable bonds is 4. The lowest BCUT2D eigenvalue weighted by Gasteiger charge is -2.08. The van der Waals surface area contributed by atoms with Gasteiger partial charge in [0.15, 0.2) is 0 Å². The van der Waals surface area contributed by atoms with Crippen LogP contribution in [0.3, 0.4) is 0 Å². The summed E-state index contributed by atoms with van der Waals surface area (Å²) in [7, 11) is -4.23. The van der Waals surface area contributed by atoms with Crippen LogP contribution in [-0.2, 0) is 10.1 Å². The van der Waals surface area contributed by atoms with Crippen LogP contribution in [0.25, 0.3) is 5.69 Å². The third-order valence-corrected chi connectivity index (χ3v) is 4.04. The maximum atomic E-state index is 13.6. The highest BCUT2D eigenvalue weighted by Gasteiger charge is 2.20. The van der Waals surface area contributed by atoms with Crippen molar-refractivity contribution in [2.45, 2.75) is 4.90 Å². The molecule has 3 aromatic rings. The van der Waals surface area contributed by atoms with E-state index in [0.29, 0.717) is 5.69 Å². The van der Waals surface area contributed by atoms with Crippen molar-refractivity contribution >= 4 is 10.1 Å². The predicted octanol–water partition coefficient (Wildman–Crippen LogP) is 1.57. The van der Waals surface area contributed by atoms with E-state index in [1.807, 2.05) is 0 Å². The summed E-state index contributed by atoms with van der Waals surface area (Å²) < 4.78 is 43.9. The fourth-order valence-electron chi connectivity index (χ4n) is 1.75. The zero-order chi connectivity index (χ0) is 15.6. The Balaban J connectivity index is 1.86. The van der Waals surface area contributed by atoms with Crippen molar-refractivity contribution in [2.24, 2.45) is 0 Å². The van der Waals surface area contributed by atoms with Crippen molar-refractivity contribution in [1.82, 2.24) is 20.2 Å². The molecule has 7 nitrogen and oxygen atoms in total. The maximum Gasteiger partial charge on any atom is 0.342 e. The Hall–Kier alpha value is -2.81. The third kappa shape index (κ3) is 2.79. The Morgan fingerprint density at radius 2 is 1.77 bits per heavy atom. The molecule has 112 valence electrons. The molecular formula is C13H9FN4O3S. The van der Waals surface area contributed by atoms with E-state index >= 15 is 0 Å². The van der Waals surface area contributed by atoms with Crippen LogP contribution in [0.5, 0.6) is 5.75 Å². The molecule has 0 spiro atoms. The van der Waals surface area contributed by atoms with Gasteiger partial charge < -0.3 is 4.18 Å². The highest BCUT2D eigenvalue weighted by molar-refractivity contribution is 7.87.